The molecule has 0 radical (unpaired) electrons. The Bertz CT molecular complexity index is 341. The third-order valence-corrected chi connectivity index (χ3v) is 2.19. The van der Waals surface area contributed by atoms with E-state index in [1.165, 1.54) is 0 Å². The first kappa shape index (κ1) is 10.5. The zero-order valence-corrected chi connectivity index (χ0v) is 8.04. The summed E-state index contributed by atoms with van der Waals surface area (Å²) in [7, 11) is 0. The molecule has 0 fully saturated rings. The fourth-order valence-electron chi connectivity index (χ4n) is 1.50. The van der Waals surface area contributed by atoms with Gasteiger partial charge in [-0.15, -0.1) is 0 Å². The van der Waals surface area contributed by atoms with Gasteiger partial charge in [-0.05, 0) is 24.0 Å². The van der Waals surface area contributed by atoms with E-state index in [1.54, 1.807) is 6.20 Å². The van der Waals surface area contributed by atoms with Gasteiger partial charge in [0, 0.05) is 12.6 Å². The molecule has 4 heteroatoms. The van der Waals surface area contributed by atoms with Crippen molar-refractivity contribution in [3.05, 3.63) is 23.0 Å². The molecule has 1 aromatic rings. The Morgan fingerprint density at radius 3 is 2.86 bits per heavy atom. The van der Waals surface area contributed by atoms with Crippen molar-refractivity contribution in [1.29, 1.82) is 0 Å². The summed E-state index contributed by atoms with van der Waals surface area (Å²) in [6.45, 7) is 1.94. The minimum atomic E-state index is -0.819. The first-order valence-electron chi connectivity index (χ1n) is 4.55. The molecule has 0 aliphatic rings. The zero-order valence-electron chi connectivity index (χ0n) is 8.04. The highest BCUT2D eigenvalue weighted by Gasteiger charge is 2.09. The van der Waals surface area contributed by atoms with Gasteiger partial charge in [0.2, 0.25) is 0 Å². The molecule has 0 bridgehead atoms. The quantitative estimate of drug-likeness (QED) is 0.698. The van der Waals surface area contributed by atoms with E-state index in [-0.39, 0.29) is 6.42 Å². The van der Waals surface area contributed by atoms with E-state index in [1.807, 2.05) is 6.92 Å². The van der Waals surface area contributed by atoms with Crippen LogP contribution in [0.2, 0.25) is 0 Å². The fraction of sp³-hybridized carbons (Fsp3) is 0.400. The monoisotopic (exact) mass is 195 g/mol. The molecule has 0 saturated heterocycles. The third-order valence-electron chi connectivity index (χ3n) is 2.19. The molecule has 0 aromatic carbocycles. The van der Waals surface area contributed by atoms with Gasteiger partial charge in [-0.25, -0.2) is 0 Å². The van der Waals surface area contributed by atoms with E-state index < -0.39 is 5.97 Å². The van der Waals surface area contributed by atoms with Crippen LogP contribution in [0, 0.1) is 0 Å². The third kappa shape index (κ3) is 2.22. The predicted molar refractivity (Wildman–Crippen MR) is 51.5 cm³/mol. The molecular formula is C10H13NO3. The molecule has 1 heterocycles. The molecule has 14 heavy (non-hydrogen) atoms. The van der Waals surface area contributed by atoms with Crippen LogP contribution in [-0.4, -0.2) is 22.3 Å². The summed E-state index contributed by atoms with van der Waals surface area (Å²) in [6, 6.07) is 0. The van der Waals surface area contributed by atoms with Crippen molar-refractivity contribution in [1.82, 2.24) is 4.98 Å². The number of hydrogen-bond acceptors (Lipinski definition) is 2. The van der Waals surface area contributed by atoms with Crippen molar-refractivity contribution in [2.75, 3.05) is 0 Å². The Hall–Kier alpha value is -1.58. The van der Waals surface area contributed by atoms with Crippen molar-refractivity contribution < 1.29 is 14.7 Å². The molecular weight excluding hydrogens is 182 g/mol. The largest absolute Gasteiger partial charge is 0.481 e. The minimum absolute atomic E-state index is 0.100. The van der Waals surface area contributed by atoms with Gasteiger partial charge in [0.05, 0.1) is 5.69 Å². The number of nitrogens with one attached hydrogen (secondary N) is 1. The number of carbonyl (C=O) groups excluding carboxylic acids is 1. The van der Waals surface area contributed by atoms with E-state index in [2.05, 4.69) is 4.98 Å². The summed E-state index contributed by atoms with van der Waals surface area (Å²) in [4.78, 5) is 23.8. The average molecular weight is 195 g/mol. The number of carboxylic acids is 1. The Morgan fingerprint density at radius 2 is 2.36 bits per heavy atom. The zero-order chi connectivity index (χ0) is 10.6. The van der Waals surface area contributed by atoms with E-state index in [0.717, 1.165) is 23.8 Å². The van der Waals surface area contributed by atoms with Crippen molar-refractivity contribution in [2.24, 2.45) is 0 Å². The molecule has 0 aliphatic heterocycles. The maximum Gasteiger partial charge on any atom is 0.303 e. The van der Waals surface area contributed by atoms with Crippen LogP contribution in [0.4, 0.5) is 0 Å². The van der Waals surface area contributed by atoms with Crippen LogP contribution in [0.15, 0.2) is 6.20 Å². The van der Waals surface area contributed by atoms with E-state index in [0.29, 0.717) is 12.1 Å². The smallest absolute Gasteiger partial charge is 0.303 e. The number of aliphatic carboxylic acids is 1. The first-order chi connectivity index (χ1) is 6.69. The van der Waals surface area contributed by atoms with Crippen LogP contribution < -0.4 is 0 Å². The molecule has 2 N–H and O–H groups in total. The van der Waals surface area contributed by atoms with Crippen molar-refractivity contribution in [3.8, 4) is 0 Å². The van der Waals surface area contributed by atoms with E-state index in [9.17, 15) is 9.59 Å². The number of aldehydes is 1. The van der Waals surface area contributed by atoms with Crippen LogP contribution in [-0.2, 0) is 17.6 Å². The van der Waals surface area contributed by atoms with Gasteiger partial charge in [0.15, 0.2) is 6.29 Å². The van der Waals surface area contributed by atoms with Gasteiger partial charge >= 0.3 is 5.97 Å². The molecule has 0 spiro atoms. The molecule has 0 saturated carbocycles. The lowest BCUT2D eigenvalue weighted by Crippen LogP contribution is -1.99. The van der Waals surface area contributed by atoms with Crippen molar-refractivity contribution in [2.45, 2.75) is 26.2 Å². The summed E-state index contributed by atoms with van der Waals surface area (Å²) in [5, 5.41) is 8.52. The molecule has 0 aliphatic carbocycles. The number of rotatable bonds is 5. The van der Waals surface area contributed by atoms with Gasteiger partial charge < -0.3 is 10.1 Å². The van der Waals surface area contributed by atoms with Crippen LogP contribution >= 0.6 is 0 Å². The lowest BCUT2D eigenvalue weighted by atomic mass is 10.0. The highest BCUT2D eigenvalue weighted by Crippen LogP contribution is 2.15. The van der Waals surface area contributed by atoms with Crippen LogP contribution in [0.5, 0.6) is 0 Å². The van der Waals surface area contributed by atoms with Crippen LogP contribution in [0.3, 0.4) is 0 Å². The van der Waals surface area contributed by atoms with Gasteiger partial charge in [-0.1, -0.05) is 6.92 Å². The van der Waals surface area contributed by atoms with E-state index in [4.69, 9.17) is 5.11 Å². The summed E-state index contributed by atoms with van der Waals surface area (Å²) >= 11 is 0. The van der Waals surface area contributed by atoms with E-state index >= 15 is 0 Å². The maximum absolute atomic E-state index is 10.6. The van der Waals surface area contributed by atoms with Crippen LogP contribution in [0.25, 0.3) is 0 Å². The molecule has 0 unspecified atom stereocenters. The second kappa shape index (κ2) is 4.60. The summed E-state index contributed by atoms with van der Waals surface area (Å²) < 4.78 is 0. The summed E-state index contributed by atoms with van der Waals surface area (Å²) in [5.74, 6) is -0.819. The lowest BCUT2D eigenvalue weighted by molar-refractivity contribution is -0.136. The second-order valence-corrected chi connectivity index (χ2v) is 3.07. The van der Waals surface area contributed by atoms with Gasteiger partial charge in [-0.2, -0.15) is 0 Å². The van der Waals surface area contributed by atoms with Crippen molar-refractivity contribution >= 4 is 12.3 Å². The molecule has 1 rings (SSSR count). The van der Waals surface area contributed by atoms with Gasteiger partial charge in [-0.3, -0.25) is 9.59 Å². The normalized spacial score (nSPS) is 10.1. The summed E-state index contributed by atoms with van der Waals surface area (Å²) in [5.41, 5.74) is 2.42. The number of aromatic amines is 1. The second-order valence-electron chi connectivity index (χ2n) is 3.07. The molecule has 1 aromatic heterocycles. The van der Waals surface area contributed by atoms with Gasteiger partial charge in [0.1, 0.15) is 0 Å². The topological polar surface area (TPSA) is 70.2 Å². The molecule has 76 valence electrons. The lowest BCUT2D eigenvalue weighted by Gasteiger charge is -1.99. The number of carbonyl (C=O) groups is 2. The van der Waals surface area contributed by atoms with Crippen LogP contribution in [0.1, 0.15) is 35.0 Å². The number of H-pyrrole nitrogens is 1. The number of carboxylic acid groups (broad SMARTS) is 1. The molecule has 4 nitrogen and oxygen atoms in total. The minimum Gasteiger partial charge on any atom is -0.481 e. The predicted octanol–water partition coefficient (Wildman–Crippen LogP) is 1.41. The first-order valence-corrected chi connectivity index (χ1v) is 4.55. The fourth-order valence-corrected chi connectivity index (χ4v) is 1.50. The Balaban J connectivity index is 2.80. The van der Waals surface area contributed by atoms with Gasteiger partial charge in [0.25, 0.3) is 0 Å². The SMILES string of the molecule is CCc1c(CCC(=O)O)c[nH]c1C=O. The highest BCUT2D eigenvalue weighted by atomic mass is 16.4. The Kier molecular flexibility index (Phi) is 3.45. The molecule has 0 amide bonds. The highest BCUT2D eigenvalue weighted by molar-refractivity contribution is 5.75. The number of hydrogen-bond donors (Lipinski definition) is 2. The Morgan fingerprint density at radius 1 is 1.64 bits per heavy atom. The Labute approximate surface area is 81.9 Å². The average Bonchev–Trinajstić information content (AvgIpc) is 2.56. The number of aromatic nitrogens is 1. The molecule has 0 atom stereocenters. The van der Waals surface area contributed by atoms with Crippen molar-refractivity contribution in [3.63, 3.8) is 0 Å². The standard InChI is InChI=1S/C10H13NO3/c1-2-8-7(3-4-10(13)14)5-11-9(8)6-12/h5-6,11H,2-4H2,1H3,(H,13,14). The summed E-state index contributed by atoms with van der Waals surface area (Å²) in [6.07, 6.45) is 3.80. The maximum atomic E-state index is 10.6. The number of aryl methyl sites for hydroxylation is 1.